The fraction of sp³-hybridized carbons (Fsp3) is 0.737. The predicted octanol–water partition coefficient (Wildman–Crippen LogP) is 3.15. The van der Waals surface area contributed by atoms with Crippen LogP contribution in [-0.4, -0.2) is 22.9 Å². The maximum atomic E-state index is 11.1. The van der Waals surface area contributed by atoms with E-state index in [4.69, 9.17) is 5.11 Å². The molecule has 1 heterocycles. The number of carbonyl (C=O) groups is 3. The van der Waals surface area contributed by atoms with Crippen LogP contribution in [0.3, 0.4) is 0 Å². The minimum Gasteiger partial charge on any atom is -0.481 e. The van der Waals surface area contributed by atoms with E-state index >= 15 is 0 Å². The molecular weight excluding hydrogens is 306 g/mol. The first-order chi connectivity index (χ1) is 11.0. The molecule has 3 fully saturated rings. The summed E-state index contributed by atoms with van der Waals surface area (Å²) in [4.78, 5) is 33.2. The Kier molecular flexibility index (Phi) is 4.93. The van der Waals surface area contributed by atoms with Crippen LogP contribution < -0.4 is 5.32 Å². The number of amides is 2. The van der Waals surface area contributed by atoms with Gasteiger partial charge in [-0.1, -0.05) is 38.3 Å². The first kappa shape index (κ1) is 18.7. The number of rotatable bonds is 2. The molecule has 0 aromatic rings. The summed E-state index contributed by atoms with van der Waals surface area (Å²) in [5.41, 5.74) is 0.531. The molecule has 0 bridgehead atoms. The average molecular weight is 335 g/mol. The highest BCUT2D eigenvalue weighted by atomic mass is 16.4. The minimum absolute atomic E-state index is 0.0104. The van der Waals surface area contributed by atoms with Gasteiger partial charge in [0.15, 0.2) is 0 Å². The fourth-order valence-corrected chi connectivity index (χ4v) is 4.21. The number of carbonyl (C=O) groups excluding carboxylic acids is 2. The third-order valence-electron chi connectivity index (χ3n) is 6.28. The second-order valence-corrected chi connectivity index (χ2v) is 8.30. The number of fused-ring (bicyclic) bond motifs is 1. The summed E-state index contributed by atoms with van der Waals surface area (Å²) in [6.07, 6.45) is 6.09. The number of hydrogen-bond donors (Lipinski definition) is 2. The van der Waals surface area contributed by atoms with E-state index in [2.05, 4.69) is 11.4 Å². The lowest BCUT2D eigenvalue weighted by Gasteiger charge is -2.19. The zero-order valence-corrected chi connectivity index (χ0v) is 15.3. The van der Waals surface area contributed by atoms with E-state index in [1.54, 1.807) is 0 Å². The van der Waals surface area contributed by atoms with Gasteiger partial charge in [-0.25, -0.2) is 0 Å². The van der Waals surface area contributed by atoms with Gasteiger partial charge in [-0.3, -0.25) is 19.7 Å². The summed E-state index contributed by atoms with van der Waals surface area (Å²) in [5.74, 6) is -0.561. The first-order valence-corrected chi connectivity index (χ1v) is 8.76. The van der Waals surface area contributed by atoms with Crippen molar-refractivity contribution >= 4 is 17.8 Å². The molecule has 3 aliphatic rings. The SMILES string of the molecule is CC(C)=CC1C(C)(C)C1(C)C(=O)O.O=C1NC(=O)C2CCCCC12. The molecule has 0 radical (unpaired) electrons. The summed E-state index contributed by atoms with van der Waals surface area (Å²) in [6, 6.07) is 0. The van der Waals surface area contributed by atoms with E-state index in [-0.39, 0.29) is 35.0 Å². The molecule has 2 N–H and O–H groups in total. The highest BCUT2D eigenvalue weighted by Crippen LogP contribution is 2.69. The van der Waals surface area contributed by atoms with Crippen molar-refractivity contribution in [3.05, 3.63) is 11.6 Å². The second-order valence-electron chi connectivity index (χ2n) is 8.30. The van der Waals surface area contributed by atoms with Crippen molar-refractivity contribution in [2.24, 2.45) is 28.6 Å². The van der Waals surface area contributed by atoms with Gasteiger partial charge in [0, 0.05) is 11.8 Å². The topological polar surface area (TPSA) is 83.5 Å². The van der Waals surface area contributed by atoms with Crippen LogP contribution in [0.15, 0.2) is 11.6 Å². The number of carboxylic acid groups (broad SMARTS) is 1. The fourth-order valence-electron chi connectivity index (χ4n) is 4.21. The van der Waals surface area contributed by atoms with Crippen molar-refractivity contribution in [2.45, 2.75) is 60.3 Å². The van der Waals surface area contributed by atoms with Gasteiger partial charge in [0.2, 0.25) is 11.8 Å². The Labute approximate surface area is 143 Å². The lowest BCUT2D eigenvalue weighted by atomic mass is 9.81. The molecule has 1 aliphatic heterocycles. The van der Waals surface area contributed by atoms with E-state index in [0.717, 1.165) is 25.7 Å². The molecule has 5 heteroatoms. The van der Waals surface area contributed by atoms with Crippen molar-refractivity contribution in [1.82, 2.24) is 5.32 Å². The van der Waals surface area contributed by atoms with Gasteiger partial charge in [0.1, 0.15) is 0 Å². The molecule has 0 aromatic heterocycles. The number of aliphatic carboxylic acids is 1. The number of imide groups is 1. The molecule has 2 saturated carbocycles. The number of allylic oxidation sites excluding steroid dienone is 2. The van der Waals surface area contributed by atoms with Crippen molar-refractivity contribution in [2.75, 3.05) is 0 Å². The normalized spacial score (nSPS) is 36.0. The summed E-state index contributed by atoms with van der Waals surface area (Å²) in [7, 11) is 0. The molecule has 5 nitrogen and oxygen atoms in total. The predicted molar refractivity (Wildman–Crippen MR) is 91.0 cm³/mol. The Bertz CT molecular complexity index is 566. The van der Waals surface area contributed by atoms with Crippen LogP contribution in [0.1, 0.15) is 60.3 Å². The van der Waals surface area contributed by atoms with Crippen LogP contribution >= 0.6 is 0 Å². The second kappa shape index (κ2) is 6.34. The molecule has 4 unspecified atom stereocenters. The Balaban J connectivity index is 0.000000175. The largest absolute Gasteiger partial charge is 0.481 e. The molecule has 2 aliphatic carbocycles. The molecule has 134 valence electrons. The van der Waals surface area contributed by atoms with E-state index in [0.29, 0.717) is 0 Å². The van der Waals surface area contributed by atoms with Crippen LogP contribution in [0.4, 0.5) is 0 Å². The van der Waals surface area contributed by atoms with Crippen molar-refractivity contribution < 1.29 is 19.5 Å². The van der Waals surface area contributed by atoms with Gasteiger partial charge in [0.05, 0.1) is 5.41 Å². The number of carboxylic acids is 1. The van der Waals surface area contributed by atoms with Crippen LogP contribution in [0.5, 0.6) is 0 Å². The van der Waals surface area contributed by atoms with Crippen LogP contribution in [-0.2, 0) is 14.4 Å². The quantitative estimate of drug-likeness (QED) is 0.600. The van der Waals surface area contributed by atoms with Gasteiger partial charge in [-0.15, -0.1) is 0 Å². The van der Waals surface area contributed by atoms with Crippen LogP contribution in [0.2, 0.25) is 0 Å². The summed E-state index contributed by atoms with van der Waals surface area (Å²) >= 11 is 0. The maximum absolute atomic E-state index is 11.1. The van der Waals surface area contributed by atoms with Gasteiger partial charge in [-0.2, -0.15) is 0 Å². The standard InChI is InChI=1S/C11H18O2.C8H11NO2/c1-7(2)6-8-10(3,4)11(8,5)9(12)13;10-7-5-3-1-2-4-6(5)8(11)9-7/h6,8H,1-5H3,(H,12,13);5-6H,1-4H2,(H,9,10,11). The zero-order valence-electron chi connectivity index (χ0n) is 15.3. The van der Waals surface area contributed by atoms with Gasteiger partial charge >= 0.3 is 5.97 Å². The first-order valence-electron chi connectivity index (χ1n) is 8.76. The Hall–Kier alpha value is -1.65. The van der Waals surface area contributed by atoms with Gasteiger partial charge in [0.25, 0.3) is 0 Å². The monoisotopic (exact) mass is 335 g/mol. The van der Waals surface area contributed by atoms with Crippen molar-refractivity contribution in [3.63, 3.8) is 0 Å². The Morgan fingerprint density at radius 3 is 1.88 bits per heavy atom. The Morgan fingerprint density at radius 2 is 1.54 bits per heavy atom. The molecule has 3 rings (SSSR count). The molecule has 0 aromatic carbocycles. The van der Waals surface area contributed by atoms with E-state index in [1.165, 1.54) is 5.57 Å². The lowest BCUT2D eigenvalue weighted by Crippen LogP contribution is -2.21. The van der Waals surface area contributed by atoms with E-state index in [1.807, 2.05) is 34.6 Å². The van der Waals surface area contributed by atoms with Crippen LogP contribution in [0.25, 0.3) is 0 Å². The minimum atomic E-state index is -0.681. The molecule has 2 amide bonds. The molecule has 4 atom stereocenters. The van der Waals surface area contributed by atoms with Gasteiger partial charge in [-0.05, 0) is 44.9 Å². The third-order valence-corrected chi connectivity index (χ3v) is 6.28. The number of hydrogen-bond acceptors (Lipinski definition) is 3. The summed E-state index contributed by atoms with van der Waals surface area (Å²) < 4.78 is 0. The van der Waals surface area contributed by atoms with Crippen molar-refractivity contribution in [3.8, 4) is 0 Å². The summed E-state index contributed by atoms with van der Waals surface area (Å²) in [5, 5.41) is 11.5. The summed E-state index contributed by atoms with van der Waals surface area (Å²) in [6.45, 7) is 9.89. The molecule has 1 saturated heterocycles. The van der Waals surface area contributed by atoms with E-state index in [9.17, 15) is 14.4 Å². The third kappa shape index (κ3) is 3.01. The molecule has 0 spiro atoms. The lowest BCUT2D eigenvalue weighted by molar-refractivity contribution is -0.144. The maximum Gasteiger partial charge on any atom is 0.310 e. The smallest absolute Gasteiger partial charge is 0.310 e. The Morgan fingerprint density at radius 1 is 1.08 bits per heavy atom. The average Bonchev–Trinajstić information content (AvgIpc) is 2.78. The highest BCUT2D eigenvalue weighted by Gasteiger charge is 2.71. The zero-order chi connectivity index (χ0) is 18.3. The molecular formula is C19H29NO4. The highest BCUT2D eigenvalue weighted by molar-refractivity contribution is 6.05. The van der Waals surface area contributed by atoms with Gasteiger partial charge < -0.3 is 5.11 Å². The van der Waals surface area contributed by atoms with Crippen LogP contribution in [0, 0.1) is 28.6 Å². The van der Waals surface area contributed by atoms with E-state index < -0.39 is 11.4 Å². The molecule has 24 heavy (non-hydrogen) atoms. The van der Waals surface area contributed by atoms with Crippen molar-refractivity contribution in [1.29, 1.82) is 0 Å². The number of nitrogens with one attached hydrogen (secondary N) is 1.